The van der Waals surface area contributed by atoms with E-state index in [1.54, 1.807) is 6.07 Å². The summed E-state index contributed by atoms with van der Waals surface area (Å²) in [4.78, 5) is 2.02. The minimum atomic E-state index is -0.163. The molecule has 2 unspecified atom stereocenters. The van der Waals surface area contributed by atoms with Crippen molar-refractivity contribution < 1.29 is 9.13 Å². The molecule has 0 aromatic heterocycles. The van der Waals surface area contributed by atoms with Gasteiger partial charge in [-0.1, -0.05) is 28.1 Å². The van der Waals surface area contributed by atoms with Gasteiger partial charge < -0.3 is 9.64 Å². The highest BCUT2D eigenvalue weighted by molar-refractivity contribution is 9.08. The van der Waals surface area contributed by atoms with Gasteiger partial charge in [0.05, 0.1) is 17.8 Å². The van der Waals surface area contributed by atoms with Crippen LogP contribution in [-0.4, -0.2) is 25.8 Å². The van der Waals surface area contributed by atoms with Crippen LogP contribution in [0.25, 0.3) is 0 Å². The quantitative estimate of drug-likeness (QED) is 0.794. The number of para-hydroxylation sites is 1. The van der Waals surface area contributed by atoms with Gasteiger partial charge in [0.15, 0.2) is 0 Å². The SMILES string of the molecule is CC1OCCC1N(C)c1c(F)cccc1CBr. The van der Waals surface area contributed by atoms with E-state index < -0.39 is 0 Å². The Kier molecular flexibility index (Phi) is 4.05. The van der Waals surface area contributed by atoms with E-state index in [9.17, 15) is 4.39 Å². The predicted molar refractivity (Wildman–Crippen MR) is 71.3 cm³/mol. The molecule has 2 rings (SSSR count). The van der Waals surface area contributed by atoms with E-state index in [1.165, 1.54) is 6.07 Å². The first-order valence-corrected chi connectivity index (χ1v) is 6.95. The first kappa shape index (κ1) is 12.8. The highest BCUT2D eigenvalue weighted by Crippen LogP contribution is 2.30. The van der Waals surface area contributed by atoms with Crippen LogP contribution >= 0.6 is 15.9 Å². The van der Waals surface area contributed by atoms with Crippen molar-refractivity contribution in [1.82, 2.24) is 0 Å². The Morgan fingerprint density at radius 3 is 2.88 bits per heavy atom. The van der Waals surface area contributed by atoms with Crippen LogP contribution in [0.4, 0.5) is 10.1 Å². The minimum Gasteiger partial charge on any atom is -0.376 e. The van der Waals surface area contributed by atoms with Gasteiger partial charge in [0, 0.05) is 19.0 Å². The first-order valence-electron chi connectivity index (χ1n) is 5.83. The Balaban J connectivity index is 2.32. The van der Waals surface area contributed by atoms with Crippen LogP contribution in [0.2, 0.25) is 0 Å². The molecule has 0 bridgehead atoms. The molecule has 1 aromatic carbocycles. The second-order valence-electron chi connectivity index (χ2n) is 4.42. The zero-order valence-electron chi connectivity index (χ0n) is 10.1. The fourth-order valence-electron chi connectivity index (χ4n) is 2.46. The highest BCUT2D eigenvalue weighted by Gasteiger charge is 2.30. The molecule has 0 radical (unpaired) electrons. The Hall–Kier alpha value is -0.610. The van der Waals surface area contributed by atoms with E-state index >= 15 is 0 Å². The molecule has 1 heterocycles. The zero-order chi connectivity index (χ0) is 12.4. The lowest BCUT2D eigenvalue weighted by atomic mass is 10.1. The zero-order valence-corrected chi connectivity index (χ0v) is 11.7. The molecule has 1 aliphatic rings. The number of halogens is 2. The second kappa shape index (κ2) is 5.36. The molecule has 1 saturated heterocycles. The molecule has 94 valence electrons. The molecule has 0 aliphatic carbocycles. The van der Waals surface area contributed by atoms with Crippen LogP contribution < -0.4 is 4.90 Å². The Morgan fingerprint density at radius 2 is 2.29 bits per heavy atom. The van der Waals surface area contributed by atoms with Crippen LogP contribution in [0.5, 0.6) is 0 Å². The predicted octanol–water partition coefficient (Wildman–Crippen LogP) is 3.33. The first-order chi connectivity index (χ1) is 8.15. The number of hydrogen-bond donors (Lipinski definition) is 0. The van der Waals surface area contributed by atoms with E-state index in [-0.39, 0.29) is 18.0 Å². The fraction of sp³-hybridized carbons (Fsp3) is 0.538. The van der Waals surface area contributed by atoms with Crippen LogP contribution in [0.3, 0.4) is 0 Å². The van der Waals surface area contributed by atoms with E-state index in [4.69, 9.17) is 4.74 Å². The molecule has 17 heavy (non-hydrogen) atoms. The molecule has 0 saturated carbocycles. The Bertz CT molecular complexity index is 399. The largest absolute Gasteiger partial charge is 0.376 e. The Morgan fingerprint density at radius 1 is 1.53 bits per heavy atom. The van der Waals surface area contributed by atoms with E-state index in [0.29, 0.717) is 11.0 Å². The summed E-state index contributed by atoms with van der Waals surface area (Å²) in [5, 5.41) is 0.659. The standard InChI is InChI=1S/C13H17BrFNO/c1-9-12(6-7-17-9)16(2)13-10(8-14)4-3-5-11(13)15/h3-5,9,12H,6-8H2,1-2H3. The number of benzene rings is 1. The fourth-order valence-corrected chi connectivity index (χ4v) is 2.91. The molecule has 1 fully saturated rings. The summed E-state index contributed by atoms with van der Waals surface area (Å²) in [6.45, 7) is 2.80. The molecule has 2 atom stereocenters. The van der Waals surface area contributed by atoms with Gasteiger partial charge in [-0.05, 0) is 25.0 Å². The normalized spacial score (nSPS) is 24.0. The second-order valence-corrected chi connectivity index (χ2v) is 4.98. The van der Waals surface area contributed by atoms with Crippen molar-refractivity contribution in [3.63, 3.8) is 0 Å². The van der Waals surface area contributed by atoms with Crippen molar-refractivity contribution in [1.29, 1.82) is 0 Å². The molecular weight excluding hydrogens is 285 g/mol. The topological polar surface area (TPSA) is 12.5 Å². The number of hydrogen-bond acceptors (Lipinski definition) is 2. The molecule has 0 spiro atoms. The van der Waals surface area contributed by atoms with Gasteiger partial charge in [-0.2, -0.15) is 0 Å². The number of anilines is 1. The lowest BCUT2D eigenvalue weighted by Crippen LogP contribution is -2.37. The summed E-state index contributed by atoms with van der Waals surface area (Å²) in [5.41, 5.74) is 1.67. The molecular formula is C13H17BrFNO. The van der Waals surface area contributed by atoms with Crippen molar-refractivity contribution in [3.8, 4) is 0 Å². The van der Waals surface area contributed by atoms with Crippen LogP contribution in [-0.2, 0) is 10.1 Å². The smallest absolute Gasteiger partial charge is 0.146 e. The van der Waals surface area contributed by atoms with Gasteiger partial charge in [-0.25, -0.2) is 4.39 Å². The number of nitrogens with zero attached hydrogens (tertiary/aromatic N) is 1. The summed E-state index contributed by atoms with van der Waals surface area (Å²) in [6, 6.07) is 5.46. The van der Waals surface area contributed by atoms with E-state index in [0.717, 1.165) is 18.6 Å². The molecule has 0 N–H and O–H groups in total. The molecule has 1 aliphatic heterocycles. The molecule has 4 heteroatoms. The third kappa shape index (κ3) is 2.47. The maximum atomic E-state index is 14.0. The molecule has 2 nitrogen and oxygen atoms in total. The van der Waals surface area contributed by atoms with Gasteiger partial charge in [-0.3, -0.25) is 0 Å². The summed E-state index contributed by atoms with van der Waals surface area (Å²) in [6.07, 6.45) is 1.11. The summed E-state index contributed by atoms with van der Waals surface area (Å²) < 4.78 is 19.5. The maximum Gasteiger partial charge on any atom is 0.146 e. The third-order valence-electron chi connectivity index (χ3n) is 3.40. The van der Waals surface area contributed by atoms with Crippen molar-refractivity contribution >= 4 is 21.6 Å². The summed E-state index contributed by atoms with van der Waals surface area (Å²) in [7, 11) is 1.94. The minimum absolute atomic E-state index is 0.155. The van der Waals surface area contributed by atoms with Crippen LogP contribution in [0.1, 0.15) is 18.9 Å². The number of ether oxygens (including phenoxy) is 1. The highest BCUT2D eigenvalue weighted by atomic mass is 79.9. The van der Waals surface area contributed by atoms with E-state index in [2.05, 4.69) is 15.9 Å². The van der Waals surface area contributed by atoms with Gasteiger partial charge in [0.25, 0.3) is 0 Å². The number of likely N-dealkylation sites (N-methyl/N-ethyl adjacent to an activating group) is 1. The lowest BCUT2D eigenvalue weighted by molar-refractivity contribution is 0.118. The average Bonchev–Trinajstić information content (AvgIpc) is 2.74. The van der Waals surface area contributed by atoms with Gasteiger partial charge in [-0.15, -0.1) is 0 Å². The van der Waals surface area contributed by atoms with Crippen LogP contribution in [0, 0.1) is 5.82 Å². The molecule has 1 aromatic rings. The third-order valence-corrected chi connectivity index (χ3v) is 4.00. The maximum absolute atomic E-state index is 14.0. The monoisotopic (exact) mass is 301 g/mol. The van der Waals surface area contributed by atoms with Gasteiger partial charge in [0.2, 0.25) is 0 Å². The number of rotatable bonds is 3. The molecule has 0 amide bonds. The van der Waals surface area contributed by atoms with Crippen molar-refractivity contribution in [3.05, 3.63) is 29.6 Å². The van der Waals surface area contributed by atoms with Crippen LogP contribution in [0.15, 0.2) is 18.2 Å². The lowest BCUT2D eigenvalue weighted by Gasteiger charge is -2.30. The van der Waals surface area contributed by atoms with Crippen molar-refractivity contribution in [2.24, 2.45) is 0 Å². The number of alkyl halides is 1. The van der Waals surface area contributed by atoms with Gasteiger partial charge in [0.1, 0.15) is 5.82 Å². The summed E-state index contributed by atoms with van der Waals surface area (Å²) >= 11 is 3.41. The van der Waals surface area contributed by atoms with E-state index in [1.807, 2.05) is 24.9 Å². The van der Waals surface area contributed by atoms with Crippen molar-refractivity contribution in [2.45, 2.75) is 30.8 Å². The summed E-state index contributed by atoms with van der Waals surface area (Å²) in [5.74, 6) is -0.163. The Labute approximate surface area is 110 Å². The average molecular weight is 302 g/mol. The van der Waals surface area contributed by atoms with Gasteiger partial charge >= 0.3 is 0 Å². The van der Waals surface area contributed by atoms with Crippen molar-refractivity contribution in [2.75, 3.05) is 18.6 Å².